The zero-order valence-corrected chi connectivity index (χ0v) is 14.6. The van der Waals surface area contributed by atoms with E-state index in [1.54, 1.807) is 18.2 Å². The Morgan fingerprint density at radius 2 is 1.88 bits per heavy atom. The largest absolute Gasteiger partial charge is 0.352 e. The van der Waals surface area contributed by atoms with Gasteiger partial charge in [0.1, 0.15) is 0 Å². The van der Waals surface area contributed by atoms with Gasteiger partial charge in [-0.3, -0.25) is 9.10 Å². The lowest BCUT2D eigenvalue weighted by molar-refractivity contribution is -0.116. The van der Waals surface area contributed by atoms with Gasteiger partial charge in [0, 0.05) is 19.2 Å². The third kappa shape index (κ3) is 4.17. The highest BCUT2D eigenvalue weighted by Crippen LogP contribution is 2.25. The lowest BCUT2D eigenvalue weighted by atomic mass is 10.1. The number of sulfonamides is 1. The van der Waals surface area contributed by atoms with Gasteiger partial charge in [0.25, 0.3) is 0 Å². The molecule has 1 aromatic carbocycles. The summed E-state index contributed by atoms with van der Waals surface area (Å²) in [4.78, 5) is 11.8. The van der Waals surface area contributed by atoms with Gasteiger partial charge in [0.2, 0.25) is 15.9 Å². The maximum atomic E-state index is 11.9. The molecule has 0 radical (unpaired) electrons. The first kappa shape index (κ1) is 17.0. The second-order valence-corrected chi connectivity index (χ2v) is 8.58. The average molecular weight is 348 g/mol. The lowest BCUT2D eigenvalue weighted by Crippen LogP contribution is -2.26. The van der Waals surface area contributed by atoms with E-state index in [9.17, 15) is 13.2 Å². The molecule has 0 unspecified atom stereocenters. The van der Waals surface area contributed by atoms with Gasteiger partial charge in [-0.15, -0.1) is 0 Å². The highest BCUT2D eigenvalue weighted by Gasteiger charge is 2.28. The standard InChI is InChI=1S/C18H24N2O3S/c21-18(19-14-16-4-1-2-5-16)11-8-15-6-9-17(10-7-15)20-12-3-13-24(20,22)23/h6-11,16H,1-5,12-14H2,(H,19,21)/b11-8-. The number of nitrogens with zero attached hydrogens (tertiary/aromatic N) is 1. The number of benzene rings is 1. The molecule has 1 N–H and O–H groups in total. The summed E-state index contributed by atoms with van der Waals surface area (Å²) in [5.74, 6) is 0.771. The number of carbonyl (C=O) groups is 1. The van der Waals surface area contributed by atoms with Crippen molar-refractivity contribution in [1.29, 1.82) is 0 Å². The van der Waals surface area contributed by atoms with Gasteiger partial charge < -0.3 is 5.32 Å². The van der Waals surface area contributed by atoms with Gasteiger partial charge in [-0.2, -0.15) is 0 Å². The van der Waals surface area contributed by atoms with Crippen LogP contribution in [0, 0.1) is 5.92 Å². The molecule has 130 valence electrons. The molecular formula is C18H24N2O3S. The van der Waals surface area contributed by atoms with E-state index >= 15 is 0 Å². The number of rotatable bonds is 5. The Kier molecular flexibility index (Phi) is 5.23. The van der Waals surface area contributed by atoms with Gasteiger partial charge in [0.15, 0.2) is 0 Å². The van der Waals surface area contributed by atoms with Crippen molar-refractivity contribution in [1.82, 2.24) is 5.32 Å². The van der Waals surface area contributed by atoms with Crippen molar-refractivity contribution in [3.05, 3.63) is 35.9 Å². The number of hydrogen-bond donors (Lipinski definition) is 1. The lowest BCUT2D eigenvalue weighted by Gasteiger charge is -2.16. The molecule has 3 rings (SSSR count). The summed E-state index contributed by atoms with van der Waals surface area (Å²) in [6.45, 7) is 1.30. The SMILES string of the molecule is O=C(/C=C\c1ccc(N2CCCS2(=O)=O)cc1)NCC1CCCC1. The summed E-state index contributed by atoms with van der Waals surface area (Å²) in [6.07, 6.45) is 8.94. The maximum Gasteiger partial charge on any atom is 0.244 e. The molecule has 6 heteroatoms. The molecule has 1 heterocycles. The Hall–Kier alpha value is -1.82. The van der Waals surface area contributed by atoms with Crippen LogP contribution in [0.3, 0.4) is 0 Å². The minimum Gasteiger partial charge on any atom is -0.352 e. The Balaban J connectivity index is 1.54. The predicted octanol–water partition coefficient (Wildman–Crippen LogP) is 2.55. The van der Waals surface area contributed by atoms with E-state index in [1.807, 2.05) is 12.1 Å². The van der Waals surface area contributed by atoms with Gasteiger partial charge >= 0.3 is 0 Å². The fourth-order valence-electron chi connectivity index (χ4n) is 3.37. The van der Waals surface area contributed by atoms with Crippen molar-refractivity contribution in [2.24, 2.45) is 5.92 Å². The van der Waals surface area contributed by atoms with Gasteiger partial charge in [-0.1, -0.05) is 25.0 Å². The molecule has 1 saturated heterocycles. The van der Waals surface area contributed by atoms with Gasteiger partial charge in [0.05, 0.1) is 11.4 Å². The minimum absolute atomic E-state index is 0.0758. The van der Waals surface area contributed by atoms with Crippen LogP contribution in [0.25, 0.3) is 6.08 Å². The summed E-state index contributed by atoms with van der Waals surface area (Å²) in [5.41, 5.74) is 1.57. The van der Waals surface area contributed by atoms with E-state index in [4.69, 9.17) is 0 Å². The molecule has 0 atom stereocenters. The van der Waals surface area contributed by atoms with Crippen LogP contribution >= 0.6 is 0 Å². The van der Waals surface area contributed by atoms with Crippen LogP contribution in [0.15, 0.2) is 30.3 Å². The first-order valence-electron chi connectivity index (χ1n) is 8.61. The number of hydrogen-bond acceptors (Lipinski definition) is 3. The number of nitrogens with one attached hydrogen (secondary N) is 1. The van der Waals surface area contributed by atoms with E-state index < -0.39 is 10.0 Å². The molecule has 1 saturated carbocycles. The van der Waals surface area contributed by atoms with Crippen molar-refractivity contribution in [2.45, 2.75) is 32.1 Å². The smallest absolute Gasteiger partial charge is 0.244 e. The van der Waals surface area contributed by atoms with Crippen LogP contribution in [0.2, 0.25) is 0 Å². The average Bonchev–Trinajstić information content (AvgIpc) is 3.20. The highest BCUT2D eigenvalue weighted by atomic mass is 32.2. The zero-order chi connectivity index (χ0) is 17.0. The predicted molar refractivity (Wildman–Crippen MR) is 96.2 cm³/mol. The topological polar surface area (TPSA) is 66.5 Å². The fraction of sp³-hybridized carbons (Fsp3) is 0.500. The van der Waals surface area contributed by atoms with Crippen LogP contribution in [-0.2, 0) is 14.8 Å². The Bertz CT molecular complexity index is 704. The summed E-state index contributed by atoms with van der Waals surface area (Å²) < 4.78 is 25.3. The molecule has 2 fully saturated rings. The minimum atomic E-state index is -3.14. The van der Waals surface area contributed by atoms with E-state index in [0.29, 0.717) is 24.6 Å². The number of anilines is 1. The first-order chi connectivity index (χ1) is 11.5. The Morgan fingerprint density at radius 1 is 1.17 bits per heavy atom. The summed E-state index contributed by atoms with van der Waals surface area (Å²) >= 11 is 0. The van der Waals surface area contributed by atoms with E-state index in [0.717, 1.165) is 12.1 Å². The van der Waals surface area contributed by atoms with E-state index in [2.05, 4.69) is 5.32 Å². The van der Waals surface area contributed by atoms with Crippen molar-refractivity contribution in [3.63, 3.8) is 0 Å². The Labute approximate surface area is 143 Å². The molecular weight excluding hydrogens is 324 g/mol. The van der Waals surface area contributed by atoms with Crippen molar-refractivity contribution in [2.75, 3.05) is 23.1 Å². The van der Waals surface area contributed by atoms with Crippen molar-refractivity contribution >= 4 is 27.7 Å². The molecule has 24 heavy (non-hydrogen) atoms. The molecule has 1 aromatic rings. The number of carbonyl (C=O) groups excluding carboxylic acids is 1. The highest BCUT2D eigenvalue weighted by molar-refractivity contribution is 7.93. The zero-order valence-electron chi connectivity index (χ0n) is 13.8. The van der Waals surface area contributed by atoms with Crippen LogP contribution in [0.5, 0.6) is 0 Å². The fourth-order valence-corrected chi connectivity index (χ4v) is 4.94. The third-order valence-electron chi connectivity index (χ3n) is 4.75. The molecule has 1 aliphatic heterocycles. The summed E-state index contributed by atoms with van der Waals surface area (Å²) in [6, 6.07) is 7.26. The number of amides is 1. The molecule has 1 amide bonds. The van der Waals surface area contributed by atoms with Crippen molar-refractivity contribution < 1.29 is 13.2 Å². The van der Waals surface area contributed by atoms with Gasteiger partial charge in [-0.05, 0) is 49.0 Å². The van der Waals surface area contributed by atoms with Gasteiger partial charge in [-0.25, -0.2) is 8.42 Å². The van der Waals surface area contributed by atoms with Crippen LogP contribution < -0.4 is 9.62 Å². The summed E-state index contributed by atoms with van der Waals surface area (Å²) in [7, 11) is -3.14. The van der Waals surface area contributed by atoms with Crippen molar-refractivity contribution in [3.8, 4) is 0 Å². The van der Waals surface area contributed by atoms with Crippen LogP contribution in [0.1, 0.15) is 37.7 Å². The third-order valence-corrected chi connectivity index (χ3v) is 6.62. The molecule has 0 aromatic heterocycles. The van der Waals surface area contributed by atoms with Crippen LogP contribution in [0.4, 0.5) is 5.69 Å². The van der Waals surface area contributed by atoms with Crippen LogP contribution in [-0.4, -0.2) is 33.2 Å². The second kappa shape index (κ2) is 7.38. The normalized spacial score (nSPS) is 20.8. The first-order valence-corrected chi connectivity index (χ1v) is 10.2. The molecule has 0 spiro atoms. The Morgan fingerprint density at radius 3 is 2.50 bits per heavy atom. The summed E-state index contributed by atoms with van der Waals surface area (Å²) in [5, 5.41) is 2.95. The van der Waals surface area contributed by atoms with E-state index in [1.165, 1.54) is 36.1 Å². The molecule has 2 aliphatic rings. The van der Waals surface area contributed by atoms with E-state index in [-0.39, 0.29) is 11.7 Å². The second-order valence-electron chi connectivity index (χ2n) is 6.56. The maximum absolute atomic E-state index is 11.9. The molecule has 5 nitrogen and oxygen atoms in total. The molecule has 0 bridgehead atoms. The quantitative estimate of drug-likeness (QED) is 0.832. The monoisotopic (exact) mass is 348 g/mol. The molecule has 1 aliphatic carbocycles.